The summed E-state index contributed by atoms with van der Waals surface area (Å²) in [5, 5.41) is 15.2. The SMILES string of the molecule is CC(C)(C)CC(=O)N1CCCN(c2ccc(C(=O)NC(CC(=O)O)c3cccnc3)cc2NC(=O)C2CCCO2)CC1. The van der Waals surface area contributed by atoms with Gasteiger partial charge >= 0.3 is 5.97 Å². The molecule has 3 N–H and O–H groups in total. The van der Waals surface area contributed by atoms with Gasteiger partial charge in [-0.25, -0.2) is 0 Å². The summed E-state index contributed by atoms with van der Waals surface area (Å²) in [7, 11) is 0. The van der Waals surface area contributed by atoms with E-state index in [4.69, 9.17) is 4.74 Å². The number of benzene rings is 1. The molecule has 2 atom stereocenters. The minimum absolute atomic E-state index is 0.0975. The number of nitrogens with one attached hydrogen (secondary N) is 2. The second kappa shape index (κ2) is 13.8. The lowest BCUT2D eigenvalue weighted by atomic mass is 9.91. The molecule has 3 amide bonds. The van der Waals surface area contributed by atoms with E-state index in [0.29, 0.717) is 56.9 Å². The van der Waals surface area contributed by atoms with Crippen molar-refractivity contribution in [2.24, 2.45) is 5.41 Å². The first kappa shape index (κ1) is 31.0. The van der Waals surface area contributed by atoms with Crippen LogP contribution in [0.3, 0.4) is 0 Å². The number of amides is 3. The third kappa shape index (κ3) is 8.51. The van der Waals surface area contributed by atoms with E-state index >= 15 is 0 Å². The lowest BCUT2D eigenvalue weighted by Crippen LogP contribution is -2.37. The Balaban J connectivity index is 1.57. The average Bonchev–Trinajstić information content (AvgIpc) is 3.37. The number of nitrogens with zero attached hydrogens (tertiary/aromatic N) is 3. The van der Waals surface area contributed by atoms with E-state index in [1.165, 1.54) is 6.20 Å². The summed E-state index contributed by atoms with van der Waals surface area (Å²) in [4.78, 5) is 58.9. The van der Waals surface area contributed by atoms with Crippen molar-refractivity contribution >= 4 is 35.1 Å². The zero-order valence-electron chi connectivity index (χ0n) is 24.6. The molecule has 2 aliphatic rings. The number of hydrogen-bond donors (Lipinski definition) is 3. The fraction of sp³-hybridized carbons (Fsp3) is 0.516. The number of carboxylic acid groups (broad SMARTS) is 1. The Labute approximate surface area is 246 Å². The second-order valence-corrected chi connectivity index (χ2v) is 12.1. The topological polar surface area (TPSA) is 141 Å². The summed E-state index contributed by atoms with van der Waals surface area (Å²) in [6, 6.07) is 7.70. The first-order valence-corrected chi connectivity index (χ1v) is 14.5. The second-order valence-electron chi connectivity index (χ2n) is 12.1. The summed E-state index contributed by atoms with van der Waals surface area (Å²) in [5.74, 6) is -1.67. The molecule has 2 aliphatic heterocycles. The standard InChI is InChI=1S/C31H41N5O6/c1-31(2,3)19-27(37)36-13-6-12-35(14-15-36)25-10-9-21(17-24(25)34-30(41)26-8-5-16-42-26)29(40)33-23(18-28(38)39)22-7-4-11-32-20-22/h4,7,9-11,17,20,23,26H,5-6,8,12-16,18-19H2,1-3H3,(H,33,40)(H,34,41)(H,38,39). The molecule has 0 saturated carbocycles. The maximum atomic E-state index is 13.4. The smallest absolute Gasteiger partial charge is 0.305 e. The van der Waals surface area contributed by atoms with Gasteiger partial charge in [-0.1, -0.05) is 26.8 Å². The molecule has 42 heavy (non-hydrogen) atoms. The first-order valence-electron chi connectivity index (χ1n) is 14.5. The number of ether oxygens (including phenoxy) is 1. The molecule has 4 rings (SSSR count). The van der Waals surface area contributed by atoms with E-state index in [2.05, 4.69) is 41.3 Å². The predicted octanol–water partition coefficient (Wildman–Crippen LogP) is 3.62. The Hall–Kier alpha value is -3.99. The molecule has 0 aliphatic carbocycles. The van der Waals surface area contributed by atoms with Crippen LogP contribution in [0.1, 0.15) is 74.8 Å². The molecule has 2 saturated heterocycles. The van der Waals surface area contributed by atoms with Gasteiger partial charge in [0.05, 0.1) is 23.8 Å². The van der Waals surface area contributed by atoms with Gasteiger partial charge < -0.3 is 30.3 Å². The van der Waals surface area contributed by atoms with Gasteiger partial charge in [-0.3, -0.25) is 24.2 Å². The fourth-order valence-electron chi connectivity index (χ4n) is 5.27. The van der Waals surface area contributed by atoms with E-state index in [1.54, 1.807) is 36.5 Å². The molecule has 1 aromatic carbocycles. The van der Waals surface area contributed by atoms with Crippen molar-refractivity contribution in [3.8, 4) is 0 Å². The Bertz CT molecular complexity index is 1270. The van der Waals surface area contributed by atoms with Crippen molar-refractivity contribution < 1.29 is 29.0 Å². The van der Waals surface area contributed by atoms with Crippen molar-refractivity contribution in [2.45, 2.75) is 65.0 Å². The van der Waals surface area contributed by atoms with Crippen molar-refractivity contribution in [2.75, 3.05) is 43.0 Å². The van der Waals surface area contributed by atoms with Crippen molar-refractivity contribution in [3.05, 3.63) is 53.9 Å². The van der Waals surface area contributed by atoms with Crippen LogP contribution in [0.25, 0.3) is 0 Å². The van der Waals surface area contributed by atoms with E-state index in [1.807, 2.05) is 4.90 Å². The number of hydrogen-bond acceptors (Lipinski definition) is 7. The van der Waals surface area contributed by atoms with Crippen molar-refractivity contribution in [1.82, 2.24) is 15.2 Å². The molecule has 0 radical (unpaired) electrons. The molecule has 0 spiro atoms. The van der Waals surface area contributed by atoms with Crippen LogP contribution in [-0.4, -0.2) is 77.6 Å². The Morgan fingerprint density at radius 1 is 1.10 bits per heavy atom. The minimum Gasteiger partial charge on any atom is -0.481 e. The highest BCUT2D eigenvalue weighted by molar-refractivity contribution is 6.01. The predicted molar refractivity (Wildman–Crippen MR) is 158 cm³/mol. The maximum Gasteiger partial charge on any atom is 0.305 e. The number of carbonyl (C=O) groups excluding carboxylic acids is 3. The normalized spacial score (nSPS) is 18.2. The Morgan fingerprint density at radius 3 is 2.57 bits per heavy atom. The number of aromatic nitrogens is 1. The molecular formula is C31H41N5O6. The molecule has 2 fully saturated rings. The van der Waals surface area contributed by atoms with Crippen LogP contribution in [0.15, 0.2) is 42.7 Å². The molecule has 3 heterocycles. The van der Waals surface area contributed by atoms with Crippen LogP contribution in [0.5, 0.6) is 0 Å². The lowest BCUT2D eigenvalue weighted by molar-refractivity contribution is -0.137. The third-order valence-electron chi connectivity index (χ3n) is 7.38. The number of anilines is 2. The summed E-state index contributed by atoms with van der Waals surface area (Å²) < 4.78 is 5.58. The van der Waals surface area contributed by atoms with E-state index in [9.17, 15) is 24.3 Å². The maximum absolute atomic E-state index is 13.4. The minimum atomic E-state index is -1.06. The van der Waals surface area contributed by atoms with Crippen LogP contribution in [-0.2, 0) is 19.1 Å². The Kier molecular flexibility index (Phi) is 10.2. The molecule has 2 unspecified atom stereocenters. The average molecular weight is 580 g/mol. The molecule has 1 aromatic heterocycles. The van der Waals surface area contributed by atoms with Crippen molar-refractivity contribution in [3.63, 3.8) is 0 Å². The van der Waals surface area contributed by atoms with Crippen LogP contribution < -0.4 is 15.5 Å². The van der Waals surface area contributed by atoms with Crippen LogP contribution in [0.4, 0.5) is 11.4 Å². The highest BCUT2D eigenvalue weighted by Crippen LogP contribution is 2.30. The van der Waals surface area contributed by atoms with Gasteiger partial charge in [0.1, 0.15) is 6.10 Å². The number of carbonyl (C=O) groups is 4. The zero-order chi connectivity index (χ0) is 30.3. The van der Waals surface area contributed by atoms with Crippen LogP contribution in [0, 0.1) is 5.41 Å². The lowest BCUT2D eigenvalue weighted by Gasteiger charge is -2.28. The van der Waals surface area contributed by atoms with Gasteiger partial charge in [-0.15, -0.1) is 0 Å². The Morgan fingerprint density at radius 2 is 1.90 bits per heavy atom. The van der Waals surface area contributed by atoms with Crippen LogP contribution >= 0.6 is 0 Å². The molecule has 2 aromatic rings. The number of carboxylic acids is 1. The van der Waals surface area contributed by atoms with Gasteiger partial charge in [0, 0.05) is 57.2 Å². The molecular weight excluding hydrogens is 538 g/mol. The van der Waals surface area contributed by atoms with Gasteiger partial charge in [0.25, 0.3) is 11.8 Å². The summed E-state index contributed by atoms with van der Waals surface area (Å²) in [6.45, 7) is 9.14. The van der Waals surface area contributed by atoms with E-state index < -0.39 is 24.0 Å². The quantitative estimate of drug-likeness (QED) is 0.409. The highest BCUT2D eigenvalue weighted by Gasteiger charge is 2.28. The zero-order valence-corrected chi connectivity index (χ0v) is 24.6. The summed E-state index contributed by atoms with van der Waals surface area (Å²) in [6.07, 6.45) is 4.90. The van der Waals surface area contributed by atoms with Gasteiger partial charge in [-0.2, -0.15) is 0 Å². The van der Waals surface area contributed by atoms with E-state index in [-0.39, 0.29) is 29.2 Å². The fourth-order valence-corrected chi connectivity index (χ4v) is 5.27. The highest BCUT2D eigenvalue weighted by atomic mass is 16.5. The van der Waals surface area contributed by atoms with Crippen molar-refractivity contribution in [1.29, 1.82) is 0 Å². The summed E-state index contributed by atoms with van der Waals surface area (Å²) >= 11 is 0. The number of aliphatic carboxylic acids is 1. The summed E-state index contributed by atoms with van der Waals surface area (Å²) in [5.41, 5.74) is 1.97. The largest absolute Gasteiger partial charge is 0.481 e. The number of rotatable bonds is 9. The third-order valence-corrected chi connectivity index (χ3v) is 7.38. The van der Waals surface area contributed by atoms with Gasteiger partial charge in [0.15, 0.2) is 0 Å². The monoisotopic (exact) mass is 579 g/mol. The number of pyridine rings is 1. The molecule has 226 valence electrons. The van der Waals surface area contributed by atoms with Gasteiger partial charge in [-0.05, 0) is 54.5 Å². The molecule has 0 bridgehead atoms. The van der Waals surface area contributed by atoms with E-state index in [0.717, 1.165) is 18.5 Å². The molecule has 11 nitrogen and oxygen atoms in total. The van der Waals surface area contributed by atoms with Gasteiger partial charge in [0.2, 0.25) is 5.91 Å². The molecule has 11 heteroatoms. The first-order chi connectivity index (χ1) is 20.0. The van der Waals surface area contributed by atoms with Crippen LogP contribution in [0.2, 0.25) is 0 Å².